The van der Waals surface area contributed by atoms with E-state index >= 15 is 0 Å². The second-order valence-corrected chi connectivity index (χ2v) is 2.86. The van der Waals surface area contributed by atoms with E-state index in [2.05, 4.69) is 9.72 Å². The number of aliphatic hydroxyl groups is 2. The van der Waals surface area contributed by atoms with Crippen LogP contribution in [0.5, 0.6) is 0 Å². The number of aliphatic hydroxyl groups excluding tert-OH is 2. The lowest BCUT2D eigenvalue weighted by molar-refractivity contribution is 0.0527. The van der Waals surface area contributed by atoms with E-state index in [1.54, 1.807) is 0 Å². The molecule has 80 valence electrons. The van der Waals surface area contributed by atoms with Crippen LogP contribution in [-0.4, -0.2) is 34.4 Å². The average molecular weight is 210 g/mol. The van der Waals surface area contributed by atoms with Gasteiger partial charge in [-0.3, -0.25) is 0 Å². The van der Waals surface area contributed by atoms with Gasteiger partial charge in [-0.05, 0) is 6.07 Å². The van der Waals surface area contributed by atoms with Gasteiger partial charge in [0.25, 0.3) is 0 Å². The highest BCUT2D eigenvalue weighted by Gasteiger charge is 2.20. The third kappa shape index (κ3) is 2.34. The first-order chi connectivity index (χ1) is 7.10. The Morgan fingerprint density at radius 3 is 2.87 bits per heavy atom. The van der Waals surface area contributed by atoms with Crippen LogP contribution in [-0.2, 0) is 4.74 Å². The minimum absolute atomic E-state index is 0.150. The first-order valence-electron chi connectivity index (χ1n) is 4.12. The number of ether oxygens (including phenoxy) is 1. The normalized spacial score (nSPS) is 14.0. The van der Waals surface area contributed by atoms with E-state index in [-0.39, 0.29) is 11.3 Å². The third-order valence-electron chi connectivity index (χ3n) is 1.88. The molecule has 6 heteroatoms. The molecule has 15 heavy (non-hydrogen) atoms. The molecule has 0 aromatic carbocycles. The summed E-state index contributed by atoms with van der Waals surface area (Å²) < 4.78 is 4.44. The van der Waals surface area contributed by atoms with Crippen molar-refractivity contribution in [1.29, 1.82) is 5.26 Å². The maximum atomic E-state index is 11.0. The van der Waals surface area contributed by atoms with Crippen molar-refractivity contribution in [1.82, 2.24) is 4.98 Å². The van der Waals surface area contributed by atoms with Crippen LogP contribution in [0.2, 0.25) is 0 Å². The molecule has 0 radical (unpaired) electrons. The first kappa shape index (κ1) is 11.2. The Bertz CT molecular complexity index is 393. The lowest BCUT2D eigenvalue weighted by atomic mass is 10.1. The van der Waals surface area contributed by atoms with Crippen molar-refractivity contribution in [3.05, 3.63) is 23.5 Å². The number of methoxy groups -OCH3 is 1. The standard InChI is InChI=1S/C9H10N2O4/c1-15-9(14)6-2-5(4-11-6)8(13)7(12)3-10/h2,4,7-8,11-13H,1H3. The van der Waals surface area contributed by atoms with Crippen molar-refractivity contribution in [3.63, 3.8) is 0 Å². The fourth-order valence-corrected chi connectivity index (χ4v) is 1.06. The van der Waals surface area contributed by atoms with Gasteiger partial charge in [0.2, 0.25) is 0 Å². The van der Waals surface area contributed by atoms with E-state index in [4.69, 9.17) is 10.4 Å². The van der Waals surface area contributed by atoms with Gasteiger partial charge in [-0.25, -0.2) is 4.79 Å². The number of aromatic nitrogens is 1. The SMILES string of the molecule is COC(=O)c1cc(C(O)C(O)C#N)c[nH]1. The summed E-state index contributed by atoms with van der Waals surface area (Å²) in [6.07, 6.45) is -1.53. The van der Waals surface area contributed by atoms with Gasteiger partial charge in [0.05, 0.1) is 13.2 Å². The van der Waals surface area contributed by atoms with Gasteiger partial charge in [-0.2, -0.15) is 5.26 Å². The van der Waals surface area contributed by atoms with Crippen molar-refractivity contribution in [3.8, 4) is 6.07 Å². The summed E-state index contributed by atoms with van der Waals surface area (Å²) in [6, 6.07) is 2.81. The maximum absolute atomic E-state index is 11.0. The molecule has 1 aromatic heterocycles. The molecule has 0 aliphatic carbocycles. The molecule has 6 nitrogen and oxygen atoms in total. The highest BCUT2D eigenvalue weighted by atomic mass is 16.5. The summed E-state index contributed by atoms with van der Waals surface area (Å²) in [5, 5.41) is 26.8. The van der Waals surface area contributed by atoms with Gasteiger partial charge >= 0.3 is 5.97 Å². The second-order valence-electron chi connectivity index (χ2n) is 2.86. The molecule has 1 aromatic rings. The van der Waals surface area contributed by atoms with E-state index in [1.807, 2.05) is 0 Å². The smallest absolute Gasteiger partial charge is 0.354 e. The predicted molar refractivity (Wildman–Crippen MR) is 48.7 cm³/mol. The van der Waals surface area contributed by atoms with Gasteiger partial charge in [0.15, 0.2) is 6.10 Å². The highest BCUT2D eigenvalue weighted by molar-refractivity contribution is 5.87. The fraction of sp³-hybridized carbons (Fsp3) is 0.333. The Labute approximate surface area is 85.7 Å². The minimum Gasteiger partial charge on any atom is -0.464 e. The number of nitrogens with one attached hydrogen (secondary N) is 1. The lowest BCUT2D eigenvalue weighted by Crippen LogP contribution is -2.15. The molecule has 0 bridgehead atoms. The molecule has 0 saturated heterocycles. The number of H-pyrrole nitrogens is 1. The van der Waals surface area contributed by atoms with Crippen LogP contribution < -0.4 is 0 Å². The highest BCUT2D eigenvalue weighted by Crippen LogP contribution is 2.17. The van der Waals surface area contributed by atoms with Gasteiger partial charge < -0.3 is 19.9 Å². The Morgan fingerprint density at radius 2 is 2.33 bits per heavy atom. The molecular weight excluding hydrogens is 200 g/mol. The summed E-state index contributed by atoms with van der Waals surface area (Å²) in [5.74, 6) is -0.583. The number of carbonyl (C=O) groups excluding carboxylic acids is 1. The van der Waals surface area contributed by atoms with E-state index in [0.717, 1.165) is 0 Å². The topological polar surface area (TPSA) is 106 Å². The Hall–Kier alpha value is -1.84. The van der Waals surface area contributed by atoms with Crippen molar-refractivity contribution in [2.24, 2.45) is 0 Å². The molecule has 1 heterocycles. The molecule has 0 aliphatic heterocycles. The summed E-state index contributed by atoms with van der Waals surface area (Å²) in [6.45, 7) is 0. The number of aromatic amines is 1. The molecule has 0 fully saturated rings. The molecule has 0 spiro atoms. The lowest BCUT2D eigenvalue weighted by Gasteiger charge is -2.08. The van der Waals surface area contributed by atoms with Crippen LogP contribution in [0, 0.1) is 11.3 Å². The van der Waals surface area contributed by atoms with E-state index in [9.17, 15) is 9.90 Å². The summed E-state index contributed by atoms with van der Waals surface area (Å²) in [4.78, 5) is 13.6. The van der Waals surface area contributed by atoms with Crippen LogP contribution in [0.15, 0.2) is 12.3 Å². The maximum Gasteiger partial charge on any atom is 0.354 e. The number of hydrogen-bond donors (Lipinski definition) is 3. The van der Waals surface area contributed by atoms with E-state index in [0.29, 0.717) is 0 Å². The molecule has 0 saturated carbocycles. The largest absolute Gasteiger partial charge is 0.464 e. The Morgan fingerprint density at radius 1 is 1.67 bits per heavy atom. The molecule has 3 N–H and O–H groups in total. The Balaban J connectivity index is 2.85. The average Bonchev–Trinajstić information content (AvgIpc) is 2.75. The molecule has 0 amide bonds. The van der Waals surface area contributed by atoms with Gasteiger partial charge in [-0.15, -0.1) is 0 Å². The molecule has 2 atom stereocenters. The second kappa shape index (κ2) is 4.59. The van der Waals surface area contributed by atoms with Gasteiger partial charge in [0.1, 0.15) is 11.8 Å². The van der Waals surface area contributed by atoms with E-state index in [1.165, 1.54) is 25.4 Å². The summed E-state index contributed by atoms with van der Waals surface area (Å²) in [5.41, 5.74) is 0.404. The van der Waals surface area contributed by atoms with Gasteiger partial charge in [-0.1, -0.05) is 0 Å². The molecule has 1 rings (SSSR count). The third-order valence-corrected chi connectivity index (χ3v) is 1.88. The zero-order valence-electron chi connectivity index (χ0n) is 7.97. The van der Waals surface area contributed by atoms with Crippen LogP contribution in [0.4, 0.5) is 0 Å². The van der Waals surface area contributed by atoms with Crippen LogP contribution in [0.25, 0.3) is 0 Å². The first-order valence-corrected chi connectivity index (χ1v) is 4.12. The van der Waals surface area contributed by atoms with Crippen LogP contribution in [0.3, 0.4) is 0 Å². The fourth-order valence-electron chi connectivity index (χ4n) is 1.06. The summed E-state index contributed by atoms with van der Waals surface area (Å²) >= 11 is 0. The number of esters is 1. The monoisotopic (exact) mass is 210 g/mol. The molecule has 2 unspecified atom stereocenters. The quantitative estimate of drug-likeness (QED) is 0.470. The number of nitriles is 1. The number of carbonyl (C=O) groups is 1. The van der Waals surface area contributed by atoms with Crippen LogP contribution in [0.1, 0.15) is 22.2 Å². The number of nitrogens with zero attached hydrogens (tertiary/aromatic N) is 1. The van der Waals surface area contributed by atoms with Crippen molar-refractivity contribution < 1.29 is 19.7 Å². The van der Waals surface area contributed by atoms with Crippen LogP contribution >= 0.6 is 0 Å². The Kier molecular flexibility index (Phi) is 3.44. The van der Waals surface area contributed by atoms with Crippen molar-refractivity contribution >= 4 is 5.97 Å². The van der Waals surface area contributed by atoms with Crippen molar-refractivity contribution in [2.45, 2.75) is 12.2 Å². The number of rotatable bonds is 3. The zero-order chi connectivity index (χ0) is 11.4. The zero-order valence-corrected chi connectivity index (χ0v) is 7.97. The van der Waals surface area contributed by atoms with Crippen molar-refractivity contribution in [2.75, 3.05) is 7.11 Å². The van der Waals surface area contributed by atoms with E-state index < -0.39 is 18.2 Å². The molecule has 0 aliphatic rings. The number of hydrogen-bond acceptors (Lipinski definition) is 5. The van der Waals surface area contributed by atoms with Gasteiger partial charge in [0, 0.05) is 11.8 Å². The summed E-state index contributed by atoms with van der Waals surface area (Å²) in [7, 11) is 1.23. The molecular formula is C9H10N2O4. The predicted octanol–water partition coefficient (Wildman–Crippen LogP) is -0.281. The minimum atomic E-state index is -1.52.